The number of hydrogen-bond acceptors (Lipinski definition) is 3. The average Bonchev–Trinajstić information content (AvgIpc) is 2.89. The van der Waals surface area contributed by atoms with Crippen molar-refractivity contribution in [3.05, 3.63) is 95.6 Å². The molecular formula is C31H32O4. The van der Waals surface area contributed by atoms with Crippen LogP contribution in [0.2, 0.25) is 0 Å². The minimum atomic E-state index is -0.917. The van der Waals surface area contributed by atoms with Crippen molar-refractivity contribution in [1.29, 1.82) is 0 Å². The maximum absolute atomic E-state index is 12.8. The highest BCUT2D eigenvalue weighted by molar-refractivity contribution is 5.98. The molecule has 2 N–H and O–H groups in total. The SMILES string of the molecule is O=C(CC(CCCc1ccccc1)C(=O)O)c1ccc(-c2ccc(C#CCCCCO)cc2)cc1. The Hall–Kier alpha value is -3.68. The zero-order valence-corrected chi connectivity index (χ0v) is 20.0. The number of aryl methyl sites for hydroxylation is 1. The molecule has 0 amide bonds. The summed E-state index contributed by atoms with van der Waals surface area (Å²) in [7, 11) is 0. The van der Waals surface area contributed by atoms with Crippen molar-refractivity contribution in [3.63, 3.8) is 0 Å². The molecule has 4 heteroatoms. The highest BCUT2D eigenvalue weighted by Gasteiger charge is 2.21. The molecule has 0 saturated carbocycles. The first-order chi connectivity index (χ1) is 17.1. The molecule has 0 heterocycles. The molecule has 0 saturated heterocycles. The summed E-state index contributed by atoms with van der Waals surface area (Å²) in [6.07, 6.45) is 4.47. The third-order valence-electron chi connectivity index (χ3n) is 6.01. The lowest BCUT2D eigenvalue weighted by molar-refractivity contribution is -0.141. The van der Waals surface area contributed by atoms with E-state index in [-0.39, 0.29) is 18.8 Å². The third kappa shape index (κ3) is 8.55. The van der Waals surface area contributed by atoms with Gasteiger partial charge in [-0.2, -0.15) is 0 Å². The number of carboxylic acid groups (broad SMARTS) is 1. The zero-order chi connectivity index (χ0) is 24.9. The summed E-state index contributed by atoms with van der Waals surface area (Å²) in [5, 5.41) is 18.4. The van der Waals surface area contributed by atoms with Gasteiger partial charge in [-0.3, -0.25) is 9.59 Å². The molecular weight excluding hydrogens is 436 g/mol. The van der Waals surface area contributed by atoms with Crippen LogP contribution in [0.1, 0.15) is 60.0 Å². The van der Waals surface area contributed by atoms with E-state index in [4.69, 9.17) is 5.11 Å². The van der Waals surface area contributed by atoms with Gasteiger partial charge in [-0.1, -0.05) is 78.6 Å². The Balaban J connectivity index is 1.54. The van der Waals surface area contributed by atoms with E-state index in [0.29, 0.717) is 12.0 Å². The van der Waals surface area contributed by atoms with Crippen molar-refractivity contribution < 1.29 is 19.8 Å². The average molecular weight is 469 g/mol. The van der Waals surface area contributed by atoms with E-state index in [1.54, 1.807) is 12.1 Å². The number of rotatable bonds is 12. The highest BCUT2D eigenvalue weighted by Crippen LogP contribution is 2.22. The highest BCUT2D eigenvalue weighted by atomic mass is 16.4. The summed E-state index contributed by atoms with van der Waals surface area (Å²) in [6.45, 7) is 0.204. The minimum absolute atomic E-state index is 0.00907. The summed E-state index contributed by atoms with van der Waals surface area (Å²) in [5.41, 5.74) is 4.67. The summed E-state index contributed by atoms with van der Waals surface area (Å²) in [5.74, 6) is 4.51. The van der Waals surface area contributed by atoms with Crippen molar-refractivity contribution in [2.45, 2.75) is 44.9 Å². The number of hydrogen-bond donors (Lipinski definition) is 2. The smallest absolute Gasteiger partial charge is 0.306 e. The monoisotopic (exact) mass is 468 g/mol. The van der Waals surface area contributed by atoms with Crippen LogP contribution in [0.4, 0.5) is 0 Å². The van der Waals surface area contributed by atoms with Crippen LogP contribution in [0.5, 0.6) is 0 Å². The Kier molecular flexibility index (Phi) is 10.3. The number of carboxylic acids is 1. The number of aliphatic carboxylic acids is 1. The molecule has 180 valence electrons. The lowest BCUT2D eigenvalue weighted by Crippen LogP contribution is -2.18. The summed E-state index contributed by atoms with van der Waals surface area (Å²) >= 11 is 0. The Morgan fingerprint density at radius 3 is 2.09 bits per heavy atom. The molecule has 1 atom stereocenters. The molecule has 0 aliphatic heterocycles. The van der Waals surface area contributed by atoms with E-state index in [2.05, 4.69) is 11.8 Å². The Morgan fingerprint density at radius 1 is 0.800 bits per heavy atom. The van der Waals surface area contributed by atoms with Crippen LogP contribution in [0.25, 0.3) is 11.1 Å². The van der Waals surface area contributed by atoms with Gasteiger partial charge < -0.3 is 10.2 Å². The Bertz CT molecular complexity index is 1140. The van der Waals surface area contributed by atoms with Gasteiger partial charge in [0, 0.05) is 30.6 Å². The van der Waals surface area contributed by atoms with E-state index in [1.165, 1.54) is 5.56 Å². The second-order valence-electron chi connectivity index (χ2n) is 8.68. The number of benzene rings is 3. The lowest BCUT2D eigenvalue weighted by Gasteiger charge is -2.12. The second-order valence-corrected chi connectivity index (χ2v) is 8.68. The summed E-state index contributed by atoms with van der Waals surface area (Å²) < 4.78 is 0. The minimum Gasteiger partial charge on any atom is -0.481 e. The van der Waals surface area contributed by atoms with Crippen molar-refractivity contribution >= 4 is 11.8 Å². The van der Waals surface area contributed by atoms with Gasteiger partial charge in [-0.05, 0) is 60.9 Å². The molecule has 0 spiro atoms. The molecule has 0 aliphatic rings. The van der Waals surface area contributed by atoms with Gasteiger partial charge in [0.05, 0.1) is 5.92 Å². The van der Waals surface area contributed by atoms with Gasteiger partial charge >= 0.3 is 5.97 Å². The predicted octanol–water partition coefficient (Wildman–Crippen LogP) is 6.16. The molecule has 0 fully saturated rings. The van der Waals surface area contributed by atoms with Crippen molar-refractivity contribution in [2.75, 3.05) is 6.61 Å². The Morgan fingerprint density at radius 2 is 1.46 bits per heavy atom. The topological polar surface area (TPSA) is 74.6 Å². The van der Waals surface area contributed by atoms with E-state index >= 15 is 0 Å². The van der Waals surface area contributed by atoms with E-state index in [1.807, 2.05) is 66.7 Å². The quantitative estimate of drug-likeness (QED) is 0.190. The Labute approximate surface area is 207 Å². The summed E-state index contributed by atoms with van der Waals surface area (Å²) in [6, 6.07) is 25.3. The lowest BCUT2D eigenvalue weighted by atomic mass is 9.92. The molecule has 0 radical (unpaired) electrons. The van der Waals surface area contributed by atoms with Crippen LogP contribution >= 0.6 is 0 Å². The van der Waals surface area contributed by atoms with E-state index in [9.17, 15) is 14.7 Å². The maximum atomic E-state index is 12.8. The molecule has 3 aromatic carbocycles. The molecule has 0 aromatic heterocycles. The standard InChI is InChI=1S/C31H32O4/c32-22-7-2-1-4-11-25-14-16-26(17-15-25)27-18-20-28(21-19-27)30(33)23-29(31(34)35)13-8-12-24-9-5-3-6-10-24/h3,5-6,9-10,14-21,29,32H,1-2,7-8,12-13,22-23H2,(H,34,35). The molecule has 3 rings (SSSR count). The molecule has 35 heavy (non-hydrogen) atoms. The van der Waals surface area contributed by atoms with Crippen molar-refractivity contribution in [3.8, 4) is 23.0 Å². The van der Waals surface area contributed by atoms with Crippen LogP contribution in [0.3, 0.4) is 0 Å². The number of Topliss-reactive ketones (excluding diaryl/α,β-unsaturated/α-hetero) is 1. The molecule has 4 nitrogen and oxygen atoms in total. The van der Waals surface area contributed by atoms with Crippen LogP contribution in [0.15, 0.2) is 78.9 Å². The maximum Gasteiger partial charge on any atom is 0.306 e. The van der Waals surface area contributed by atoms with Crippen molar-refractivity contribution in [2.24, 2.45) is 5.92 Å². The first-order valence-electron chi connectivity index (χ1n) is 12.2. The van der Waals surface area contributed by atoms with Crippen LogP contribution in [-0.4, -0.2) is 28.6 Å². The fraction of sp³-hybridized carbons (Fsp3) is 0.290. The molecule has 0 bridgehead atoms. The number of aliphatic hydroxyl groups excluding tert-OH is 1. The van der Waals surface area contributed by atoms with Gasteiger partial charge in [0.25, 0.3) is 0 Å². The van der Waals surface area contributed by atoms with Gasteiger partial charge in [0.15, 0.2) is 5.78 Å². The second kappa shape index (κ2) is 13.9. The number of unbranched alkanes of at least 4 members (excludes halogenated alkanes) is 2. The fourth-order valence-electron chi connectivity index (χ4n) is 3.94. The molecule has 1 unspecified atom stereocenters. The zero-order valence-electron chi connectivity index (χ0n) is 20.0. The predicted molar refractivity (Wildman–Crippen MR) is 139 cm³/mol. The number of ketones is 1. The number of carbonyl (C=O) groups is 2. The summed E-state index contributed by atoms with van der Waals surface area (Å²) in [4.78, 5) is 24.5. The fourth-order valence-corrected chi connectivity index (χ4v) is 3.94. The van der Waals surface area contributed by atoms with Crippen molar-refractivity contribution in [1.82, 2.24) is 0 Å². The van der Waals surface area contributed by atoms with E-state index in [0.717, 1.165) is 48.8 Å². The van der Waals surface area contributed by atoms with Gasteiger partial charge in [0.2, 0.25) is 0 Å². The first kappa shape index (κ1) is 25.9. The molecule has 3 aromatic rings. The number of carbonyl (C=O) groups excluding carboxylic acids is 1. The normalized spacial score (nSPS) is 11.3. The van der Waals surface area contributed by atoms with Gasteiger partial charge in [-0.15, -0.1) is 0 Å². The van der Waals surface area contributed by atoms with Gasteiger partial charge in [-0.25, -0.2) is 0 Å². The van der Waals surface area contributed by atoms with Gasteiger partial charge in [0.1, 0.15) is 0 Å². The molecule has 0 aliphatic carbocycles. The van der Waals surface area contributed by atoms with Crippen LogP contribution in [-0.2, 0) is 11.2 Å². The third-order valence-corrected chi connectivity index (χ3v) is 6.01. The van der Waals surface area contributed by atoms with Crippen LogP contribution in [0, 0.1) is 17.8 Å². The van der Waals surface area contributed by atoms with Crippen LogP contribution < -0.4 is 0 Å². The number of aliphatic hydroxyl groups is 1. The first-order valence-corrected chi connectivity index (χ1v) is 12.2. The largest absolute Gasteiger partial charge is 0.481 e. The van der Waals surface area contributed by atoms with E-state index < -0.39 is 11.9 Å².